The van der Waals surface area contributed by atoms with E-state index in [0.29, 0.717) is 5.69 Å². The van der Waals surface area contributed by atoms with E-state index in [4.69, 9.17) is 4.74 Å². The van der Waals surface area contributed by atoms with E-state index in [0.717, 1.165) is 35.4 Å². The van der Waals surface area contributed by atoms with Crippen LogP contribution in [0.25, 0.3) is 0 Å². The Hall–Kier alpha value is -2.81. The molecule has 0 aliphatic rings. The van der Waals surface area contributed by atoms with Crippen LogP contribution in [0.4, 0.5) is 14.5 Å². The van der Waals surface area contributed by atoms with E-state index in [1.165, 1.54) is 6.92 Å². The predicted octanol–water partition coefficient (Wildman–Crippen LogP) is 3.48. The van der Waals surface area contributed by atoms with E-state index in [2.05, 4.69) is 5.32 Å². The number of rotatable bonds is 6. The first-order valence-electron chi connectivity index (χ1n) is 8.24. The summed E-state index contributed by atoms with van der Waals surface area (Å²) in [6, 6.07) is 9.38. The van der Waals surface area contributed by atoms with E-state index >= 15 is 0 Å². The molecule has 0 heterocycles. The number of hydrogen-bond acceptors (Lipinski definition) is 5. The van der Waals surface area contributed by atoms with Gasteiger partial charge in [0.1, 0.15) is 0 Å². The lowest BCUT2D eigenvalue weighted by Gasteiger charge is -2.16. The van der Waals surface area contributed by atoms with Crippen molar-refractivity contribution in [1.29, 1.82) is 0 Å². The molecule has 0 aliphatic heterocycles. The summed E-state index contributed by atoms with van der Waals surface area (Å²) in [4.78, 5) is 23.8. The summed E-state index contributed by atoms with van der Waals surface area (Å²) >= 11 is 0. The van der Waals surface area contributed by atoms with Gasteiger partial charge in [0, 0.05) is 5.69 Å². The first-order valence-corrected chi connectivity index (χ1v) is 9.79. The second kappa shape index (κ2) is 8.47. The number of carbonyl (C=O) groups excluding carboxylic acids is 2. The molecule has 6 nitrogen and oxygen atoms in total. The highest BCUT2D eigenvalue weighted by molar-refractivity contribution is 7.91. The zero-order chi connectivity index (χ0) is 21.1. The van der Waals surface area contributed by atoms with Gasteiger partial charge in [0.2, 0.25) is 9.84 Å². The van der Waals surface area contributed by atoms with E-state index in [1.54, 1.807) is 0 Å². The molecule has 2 aromatic carbocycles. The minimum Gasteiger partial charge on any atom is -0.449 e. The van der Waals surface area contributed by atoms with Crippen molar-refractivity contribution in [3.63, 3.8) is 0 Å². The number of halogens is 2. The number of sulfone groups is 1. The molecule has 150 valence electrons. The summed E-state index contributed by atoms with van der Waals surface area (Å²) in [5.41, 5.74) is 2.25. The van der Waals surface area contributed by atoms with Gasteiger partial charge in [0.05, 0.1) is 10.5 Å². The molecule has 2 rings (SSSR count). The molecule has 0 bridgehead atoms. The third-order valence-corrected chi connectivity index (χ3v) is 5.43. The first-order chi connectivity index (χ1) is 13.0. The Bertz CT molecular complexity index is 968. The maximum absolute atomic E-state index is 12.5. The van der Waals surface area contributed by atoms with Gasteiger partial charge in [0.15, 0.2) is 6.10 Å². The summed E-state index contributed by atoms with van der Waals surface area (Å²) in [6.45, 7) is 5.04. The third kappa shape index (κ3) is 4.72. The first kappa shape index (κ1) is 21.5. The SMILES string of the molecule is Cc1cccc(C)c1NC(=O)[C@@H](C)OC(=O)c1ccc(S(=O)(=O)C(F)F)cc1. The molecule has 0 aliphatic carbocycles. The molecule has 0 radical (unpaired) electrons. The minimum atomic E-state index is -4.75. The number of anilines is 1. The smallest absolute Gasteiger partial charge is 0.341 e. The Kier molecular flexibility index (Phi) is 6.50. The van der Waals surface area contributed by atoms with Crippen molar-refractivity contribution in [2.24, 2.45) is 0 Å². The molecule has 0 spiro atoms. The molecular weight excluding hydrogens is 392 g/mol. The van der Waals surface area contributed by atoms with Crippen LogP contribution < -0.4 is 5.32 Å². The van der Waals surface area contributed by atoms with Crippen LogP contribution in [-0.2, 0) is 19.4 Å². The fourth-order valence-corrected chi connectivity index (χ4v) is 3.12. The zero-order valence-electron chi connectivity index (χ0n) is 15.4. The van der Waals surface area contributed by atoms with Gasteiger partial charge in [0.25, 0.3) is 5.91 Å². The molecule has 1 amide bonds. The molecular formula is C19H19F2NO5S. The Morgan fingerprint density at radius 2 is 1.54 bits per heavy atom. The van der Waals surface area contributed by atoms with Crippen molar-refractivity contribution < 1.29 is 31.5 Å². The molecule has 0 unspecified atom stereocenters. The number of benzene rings is 2. The van der Waals surface area contributed by atoms with Gasteiger partial charge in [-0.25, -0.2) is 13.2 Å². The van der Waals surface area contributed by atoms with Crippen molar-refractivity contribution in [2.75, 3.05) is 5.32 Å². The fraction of sp³-hybridized carbons (Fsp3) is 0.263. The van der Waals surface area contributed by atoms with Crippen molar-refractivity contribution >= 4 is 27.4 Å². The van der Waals surface area contributed by atoms with Gasteiger partial charge in [-0.1, -0.05) is 18.2 Å². The Labute approximate surface area is 161 Å². The highest BCUT2D eigenvalue weighted by atomic mass is 32.2. The number of esters is 1. The van der Waals surface area contributed by atoms with Gasteiger partial charge in [-0.05, 0) is 56.2 Å². The molecule has 0 saturated carbocycles. The molecule has 2 aromatic rings. The summed E-state index contributed by atoms with van der Waals surface area (Å²) in [5.74, 6) is -4.98. The molecule has 28 heavy (non-hydrogen) atoms. The third-order valence-electron chi connectivity index (χ3n) is 4.04. The predicted molar refractivity (Wildman–Crippen MR) is 99.1 cm³/mol. The summed E-state index contributed by atoms with van der Waals surface area (Å²) in [5, 5.41) is 2.70. The topological polar surface area (TPSA) is 89.5 Å². The number of amides is 1. The number of nitrogens with one attached hydrogen (secondary N) is 1. The molecule has 0 aromatic heterocycles. The van der Waals surface area contributed by atoms with Crippen LogP contribution in [0.5, 0.6) is 0 Å². The number of ether oxygens (including phenoxy) is 1. The number of alkyl halides is 2. The van der Waals surface area contributed by atoms with Crippen LogP contribution in [-0.4, -0.2) is 32.2 Å². The van der Waals surface area contributed by atoms with E-state index in [-0.39, 0.29) is 5.56 Å². The van der Waals surface area contributed by atoms with Crippen molar-refractivity contribution in [3.05, 3.63) is 59.2 Å². The van der Waals surface area contributed by atoms with Crippen LogP contribution in [0.2, 0.25) is 0 Å². The highest BCUT2D eigenvalue weighted by Crippen LogP contribution is 2.21. The number of carbonyl (C=O) groups is 2. The van der Waals surface area contributed by atoms with Gasteiger partial charge in [-0.3, -0.25) is 4.79 Å². The molecule has 0 fully saturated rings. The lowest BCUT2D eigenvalue weighted by molar-refractivity contribution is -0.123. The van der Waals surface area contributed by atoms with Crippen LogP contribution in [0, 0.1) is 13.8 Å². The standard InChI is InChI=1S/C19H19F2NO5S/c1-11-5-4-6-12(2)16(11)22-17(23)13(3)27-18(24)14-7-9-15(10-8-14)28(25,26)19(20)21/h4-10,13,19H,1-3H3,(H,22,23)/t13-/m1/s1. The van der Waals surface area contributed by atoms with E-state index < -0.39 is 38.5 Å². The average molecular weight is 411 g/mol. The van der Waals surface area contributed by atoms with Crippen molar-refractivity contribution in [3.8, 4) is 0 Å². The fourth-order valence-electron chi connectivity index (χ4n) is 2.40. The second-order valence-corrected chi connectivity index (χ2v) is 8.05. The zero-order valence-corrected chi connectivity index (χ0v) is 16.2. The van der Waals surface area contributed by atoms with Crippen molar-refractivity contribution in [1.82, 2.24) is 0 Å². The second-order valence-electron chi connectivity index (χ2n) is 6.13. The van der Waals surface area contributed by atoms with Gasteiger partial charge in [-0.15, -0.1) is 0 Å². The Morgan fingerprint density at radius 1 is 1.00 bits per heavy atom. The quantitative estimate of drug-likeness (QED) is 0.735. The lowest BCUT2D eigenvalue weighted by atomic mass is 10.1. The van der Waals surface area contributed by atoms with Crippen LogP contribution in [0.1, 0.15) is 28.4 Å². The maximum Gasteiger partial charge on any atom is 0.341 e. The largest absolute Gasteiger partial charge is 0.449 e. The lowest BCUT2D eigenvalue weighted by Crippen LogP contribution is -2.30. The summed E-state index contributed by atoms with van der Waals surface area (Å²) < 4.78 is 52.9. The van der Waals surface area contributed by atoms with E-state index in [9.17, 15) is 26.8 Å². The van der Waals surface area contributed by atoms with Gasteiger partial charge >= 0.3 is 11.7 Å². The molecule has 0 saturated heterocycles. The number of hydrogen-bond donors (Lipinski definition) is 1. The maximum atomic E-state index is 12.5. The van der Waals surface area contributed by atoms with Crippen LogP contribution in [0.3, 0.4) is 0 Å². The van der Waals surface area contributed by atoms with Crippen LogP contribution in [0.15, 0.2) is 47.4 Å². The van der Waals surface area contributed by atoms with Gasteiger partial charge < -0.3 is 10.1 Å². The van der Waals surface area contributed by atoms with E-state index in [1.807, 2.05) is 32.0 Å². The number of para-hydroxylation sites is 1. The summed E-state index contributed by atoms with van der Waals surface area (Å²) in [6.07, 6.45) is -1.13. The van der Waals surface area contributed by atoms with Crippen LogP contribution >= 0.6 is 0 Å². The monoisotopic (exact) mass is 411 g/mol. The average Bonchev–Trinajstić information content (AvgIpc) is 2.64. The highest BCUT2D eigenvalue weighted by Gasteiger charge is 2.27. The summed E-state index contributed by atoms with van der Waals surface area (Å²) in [7, 11) is -4.75. The molecule has 1 atom stereocenters. The normalized spacial score (nSPS) is 12.5. The van der Waals surface area contributed by atoms with Crippen molar-refractivity contribution in [2.45, 2.75) is 37.5 Å². The molecule has 1 N–H and O–H groups in total. The number of aryl methyl sites for hydroxylation is 2. The minimum absolute atomic E-state index is 0.0695. The van der Waals surface area contributed by atoms with Gasteiger partial charge in [-0.2, -0.15) is 8.78 Å². The Balaban J connectivity index is 2.07. The Morgan fingerprint density at radius 3 is 2.04 bits per heavy atom. The molecule has 9 heteroatoms.